The smallest absolute Gasteiger partial charge is 0.251 e. The number of carbonyl (C=O) groups excluding carboxylic acids is 2. The highest BCUT2D eigenvalue weighted by Crippen LogP contribution is 2.45. The van der Waals surface area contributed by atoms with E-state index in [1.54, 1.807) is 31.2 Å². The second kappa shape index (κ2) is 10.3. The number of carbonyl (C=O) groups is 2. The molecule has 2 aromatic carbocycles. The van der Waals surface area contributed by atoms with Crippen molar-refractivity contribution in [3.05, 3.63) is 83.6 Å². The van der Waals surface area contributed by atoms with Gasteiger partial charge in [0.05, 0.1) is 30.1 Å². The lowest BCUT2D eigenvalue weighted by Crippen LogP contribution is -2.41. The quantitative estimate of drug-likeness (QED) is 0.274. The van der Waals surface area contributed by atoms with E-state index in [1.165, 1.54) is 43.6 Å². The zero-order valence-corrected chi connectivity index (χ0v) is 23.0. The van der Waals surface area contributed by atoms with Crippen molar-refractivity contribution in [2.45, 2.75) is 43.8 Å². The van der Waals surface area contributed by atoms with Crippen LogP contribution in [0.15, 0.2) is 65.4 Å². The van der Waals surface area contributed by atoms with Gasteiger partial charge in [0.1, 0.15) is 46.9 Å². The van der Waals surface area contributed by atoms with Crippen LogP contribution < -0.4 is 20.5 Å². The minimum atomic E-state index is -1.67. The molecule has 2 aliphatic rings. The van der Waals surface area contributed by atoms with E-state index in [2.05, 4.69) is 15.3 Å². The minimum absolute atomic E-state index is 0.00927. The van der Waals surface area contributed by atoms with E-state index < -0.39 is 28.6 Å². The van der Waals surface area contributed by atoms with Gasteiger partial charge in [0.25, 0.3) is 5.91 Å². The number of amides is 2. The van der Waals surface area contributed by atoms with Gasteiger partial charge in [-0.1, -0.05) is 0 Å². The number of pyridine rings is 1. The van der Waals surface area contributed by atoms with Gasteiger partial charge in [-0.05, 0) is 75.2 Å². The number of hydrogen-bond donors (Lipinski definition) is 3. The van der Waals surface area contributed by atoms with Gasteiger partial charge in [0.15, 0.2) is 0 Å². The molecular formula is C31H29FN4O6. The summed E-state index contributed by atoms with van der Waals surface area (Å²) < 4.78 is 31.0. The molecule has 1 fully saturated rings. The van der Waals surface area contributed by atoms with Crippen molar-refractivity contribution >= 4 is 11.8 Å². The number of halogens is 1. The van der Waals surface area contributed by atoms with Gasteiger partial charge in [0, 0.05) is 16.7 Å². The third kappa shape index (κ3) is 5.07. The van der Waals surface area contributed by atoms with Gasteiger partial charge in [0.2, 0.25) is 11.8 Å². The molecule has 0 unspecified atom stereocenters. The van der Waals surface area contributed by atoms with Crippen LogP contribution in [0, 0.1) is 5.82 Å². The fourth-order valence-corrected chi connectivity index (χ4v) is 4.77. The first kappa shape index (κ1) is 27.4. The fourth-order valence-electron chi connectivity index (χ4n) is 4.77. The van der Waals surface area contributed by atoms with Crippen molar-refractivity contribution in [2.75, 3.05) is 13.2 Å². The molecule has 4 N–H and O–H groups in total. The average molecular weight is 573 g/mol. The summed E-state index contributed by atoms with van der Waals surface area (Å²) in [5, 5.41) is 14.3. The maximum absolute atomic E-state index is 13.7. The normalized spacial score (nSPS) is 19.0. The molecule has 2 aromatic heterocycles. The Bertz CT molecular complexity index is 1670. The molecule has 42 heavy (non-hydrogen) atoms. The highest BCUT2D eigenvalue weighted by Gasteiger charge is 2.45. The minimum Gasteiger partial charge on any atom is -0.490 e. The lowest BCUT2D eigenvalue weighted by Gasteiger charge is -2.26. The molecule has 1 aliphatic carbocycles. The molecule has 216 valence electrons. The Morgan fingerprint density at radius 2 is 1.98 bits per heavy atom. The van der Waals surface area contributed by atoms with Crippen molar-refractivity contribution in [1.82, 2.24) is 15.3 Å². The van der Waals surface area contributed by atoms with Crippen LogP contribution in [0.2, 0.25) is 0 Å². The largest absolute Gasteiger partial charge is 0.490 e. The van der Waals surface area contributed by atoms with Crippen LogP contribution in [-0.4, -0.2) is 46.1 Å². The molecule has 11 heteroatoms. The third-order valence-corrected chi connectivity index (χ3v) is 7.60. The van der Waals surface area contributed by atoms with Gasteiger partial charge in [-0.3, -0.25) is 9.59 Å². The predicted molar refractivity (Wildman–Crippen MR) is 149 cm³/mol. The van der Waals surface area contributed by atoms with E-state index in [4.69, 9.17) is 19.6 Å². The molecule has 0 radical (unpaired) electrons. The van der Waals surface area contributed by atoms with E-state index in [0.717, 1.165) is 12.8 Å². The monoisotopic (exact) mass is 572 g/mol. The summed E-state index contributed by atoms with van der Waals surface area (Å²) in [6.45, 7) is 2.93. The summed E-state index contributed by atoms with van der Waals surface area (Å²) in [6.07, 6.45) is 4.93. The van der Waals surface area contributed by atoms with Crippen molar-refractivity contribution in [1.29, 1.82) is 0 Å². The maximum Gasteiger partial charge on any atom is 0.251 e. The summed E-state index contributed by atoms with van der Waals surface area (Å²) in [5.41, 5.74) is 5.31. The van der Waals surface area contributed by atoms with Gasteiger partial charge >= 0.3 is 0 Å². The standard InChI is InChI=1S/C31H29FN4O6/c1-30(29(33)38)16-41-26-22(30)14-24(36-25(26)17-3-6-19(32)7-4-17)31(2,39)15-35-27(37)18-5-10-21(28-34-11-12-40-28)23(13-18)42-20-8-9-20/h3-7,10-14,20,39H,8-9,15-16H2,1-2H3,(H2,33,38)(H,35,37)/t30-,31-/m0/s1. The maximum atomic E-state index is 13.7. The number of hydrogen-bond acceptors (Lipinski definition) is 8. The number of aromatic nitrogens is 2. The Labute approximate surface area is 240 Å². The van der Waals surface area contributed by atoms with E-state index in [9.17, 15) is 19.1 Å². The number of primary amides is 1. The molecule has 6 rings (SSSR count). The topological polar surface area (TPSA) is 150 Å². The Balaban J connectivity index is 1.29. The van der Waals surface area contributed by atoms with Crippen molar-refractivity contribution in [3.8, 4) is 34.2 Å². The Morgan fingerprint density at radius 3 is 2.64 bits per heavy atom. The average Bonchev–Trinajstić information content (AvgIpc) is 3.48. The molecule has 4 aromatic rings. The van der Waals surface area contributed by atoms with Gasteiger partial charge < -0.3 is 30.0 Å². The van der Waals surface area contributed by atoms with Gasteiger partial charge in [-0.2, -0.15) is 0 Å². The lowest BCUT2D eigenvalue weighted by atomic mass is 9.82. The van der Waals surface area contributed by atoms with Crippen LogP contribution in [0.1, 0.15) is 48.3 Å². The number of ether oxygens (including phenoxy) is 2. The molecule has 1 aliphatic heterocycles. The van der Waals surface area contributed by atoms with Crippen LogP contribution in [0.3, 0.4) is 0 Å². The number of nitrogens with one attached hydrogen (secondary N) is 1. The molecule has 3 heterocycles. The van der Waals surface area contributed by atoms with Crippen molar-refractivity contribution in [3.63, 3.8) is 0 Å². The molecule has 0 spiro atoms. The zero-order chi connectivity index (χ0) is 29.6. The van der Waals surface area contributed by atoms with Crippen LogP contribution in [0.25, 0.3) is 22.7 Å². The number of oxazole rings is 1. The Morgan fingerprint density at radius 1 is 1.21 bits per heavy atom. The molecular weight excluding hydrogens is 543 g/mol. The zero-order valence-electron chi connectivity index (χ0n) is 23.0. The lowest BCUT2D eigenvalue weighted by molar-refractivity contribution is -0.123. The van der Waals surface area contributed by atoms with Gasteiger partial charge in [-0.25, -0.2) is 14.4 Å². The van der Waals surface area contributed by atoms with E-state index in [0.29, 0.717) is 45.3 Å². The molecule has 10 nitrogen and oxygen atoms in total. The SMILES string of the molecule is C[C@](O)(CNC(=O)c1ccc(-c2ncco2)c(OC2CC2)c1)c1cc2c(c(-c3ccc(F)cc3)n1)OC[C@]2(C)C(N)=O. The molecule has 2 atom stereocenters. The molecule has 0 bridgehead atoms. The first-order valence-corrected chi connectivity index (χ1v) is 13.5. The Kier molecular flexibility index (Phi) is 6.69. The van der Waals surface area contributed by atoms with Crippen molar-refractivity contribution < 1.29 is 33.0 Å². The van der Waals surface area contributed by atoms with E-state index >= 15 is 0 Å². The van der Waals surface area contributed by atoms with E-state index in [1.807, 2.05) is 0 Å². The number of benzene rings is 2. The van der Waals surface area contributed by atoms with Crippen LogP contribution >= 0.6 is 0 Å². The number of nitrogens with zero attached hydrogens (tertiary/aromatic N) is 2. The van der Waals surface area contributed by atoms with Crippen molar-refractivity contribution in [2.24, 2.45) is 5.73 Å². The number of rotatable bonds is 9. The predicted octanol–water partition coefficient (Wildman–Crippen LogP) is 3.86. The summed E-state index contributed by atoms with van der Waals surface area (Å²) in [5.74, 6) is -0.278. The first-order chi connectivity index (χ1) is 20.0. The molecule has 1 saturated carbocycles. The Hall–Kier alpha value is -4.77. The van der Waals surface area contributed by atoms with Crippen LogP contribution in [0.5, 0.6) is 11.5 Å². The highest BCUT2D eigenvalue weighted by molar-refractivity contribution is 5.95. The summed E-state index contributed by atoms with van der Waals surface area (Å²) in [7, 11) is 0. The summed E-state index contributed by atoms with van der Waals surface area (Å²) >= 11 is 0. The number of nitrogens with two attached hydrogens (primary N) is 1. The number of aliphatic hydroxyl groups is 1. The number of fused-ring (bicyclic) bond motifs is 1. The van der Waals surface area contributed by atoms with Crippen LogP contribution in [0.4, 0.5) is 4.39 Å². The fraction of sp³-hybridized carbons (Fsp3) is 0.290. The highest BCUT2D eigenvalue weighted by atomic mass is 19.1. The third-order valence-electron chi connectivity index (χ3n) is 7.60. The summed E-state index contributed by atoms with van der Waals surface area (Å²) in [4.78, 5) is 34.5. The second-order valence-corrected chi connectivity index (χ2v) is 11.0. The van der Waals surface area contributed by atoms with Crippen LogP contribution in [-0.2, 0) is 15.8 Å². The van der Waals surface area contributed by atoms with Gasteiger partial charge in [-0.15, -0.1) is 0 Å². The first-order valence-electron chi connectivity index (χ1n) is 13.5. The molecule has 2 amide bonds. The summed E-state index contributed by atoms with van der Waals surface area (Å²) in [6, 6.07) is 12.2. The van der Waals surface area contributed by atoms with E-state index in [-0.39, 0.29) is 24.9 Å². The molecule has 0 saturated heterocycles. The second-order valence-electron chi connectivity index (χ2n) is 11.0.